The fourth-order valence-corrected chi connectivity index (χ4v) is 1.52. The highest BCUT2D eigenvalue weighted by Gasteiger charge is 2.31. The van der Waals surface area contributed by atoms with Crippen molar-refractivity contribution in [3.63, 3.8) is 0 Å². The number of phenols is 1. The molecule has 0 amide bonds. The summed E-state index contributed by atoms with van der Waals surface area (Å²) in [5, 5.41) is 18.1. The third-order valence-corrected chi connectivity index (χ3v) is 2.73. The number of aliphatic carboxylic acids is 1. The van der Waals surface area contributed by atoms with Crippen LogP contribution in [0.5, 0.6) is 5.75 Å². The smallest absolute Gasteiger partial charge is 0.309 e. The van der Waals surface area contributed by atoms with E-state index in [2.05, 4.69) is 0 Å². The van der Waals surface area contributed by atoms with Crippen molar-refractivity contribution in [1.82, 2.24) is 0 Å². The number of phenolic OH excluding ortho intramolecular Hbond substituents is 1. The number of aromatic hydroxyl groups is 1. The summed E-state index contributed by atoms with van der Waals surface area (Å²) >= 11 is 5.50. The van der Waals surface area contributed by atoms with Crippen molar-refractivity contribution in [3.8, 4) is 5.75 Å². The first kappa shape index (κ1) is 13.7. The average molecular weight is 265 g/mol. The molecule has 0 spiro atoms. The molecule has 0 aliphatic rings. The quantitative estimate of drug-likeness (QED) is 0.825. The minimum atomic E-state index is -1.34. The molecule has 1 aromatic rings. The highest BCUT2D eigenvalue weighted by molar-refractivity contribution is 6.32. The van der Waals surface area contributed by atoms with Gasteiger partial charge in [-0.25, -0.2) is 8.78 Å². The molecule has 0 saturated carbocycles. The SMILES string of the molecule is CC(C)(Cc1c(O)c(Cl)cc(F)c1F)C(=O)O. The Bertz CT molecular complexity index is 446. The van der Waals surface area contributed by atoms with Crippen LogP contribution < -0.4 is 0 Å². The van der Waals surface area contributed by atoms with Gasteiger partial charge in [0.15, 0.2) is 11.6 Å². The van der Waals surface area contributed by atoms with Crippen LogP contribution in [0.3, 0.4) is 0 Å². The van der Waals surface area contributed by atoms with E-state index in [1.807, 2.05) is 0 Å². The Morgan fingerprint density at radius 2 is 2.00 bits per heavy atom. The molecule has 3 nitrogen and oxygen atoms in total. The fourth-order valence-electron chi connectivity index (χ4n) is 1.31. The summed E-state index contributed by atoms with van der Waals surface area (Å²) in [4.78, 5) is 10.9. The van der Waals surface area contributed by atoms with Crippen LogP contribution in [0, 0.1) is 17.0 Å². The minimum absolute atomic E-state index is 0.347. The standard InChI is InChI=1S/C11H11ClF2O3/c1-11(2,10(16)17)4-5-8(14)7(13)3-6(12)9(5)15/h3,15H,4H2,1-2H3,(H,16,17). The molecule has 0 aliphatic heterocycles. The van der Waals surface area contributed by atoms with Gasteiger partial charge < -0.3 is 10.2 Å². The molecule has 6 heteroatoms. The van der Waals surface area contributed by atoms with Crippen molar-refractivity contribution < 1.29 is 23.8 Å². The molecule has 0 saturated heterocycles. The zero-order valence-electron chi connectivity index (χ0n) is 9.22. The van der Waals surface area contributed by atoms with Crippen LogP contribution in [0.4, 0.5) is 8.78 Å². The molecule has 0 aliphatic carbocycles. The molecule has 0 heterocycles. The van der Waals surface area contributed by atoms with Gasteiger partial charge in [0, 0.05) is 5.56 Å². The molecule has 1 aromatic carbocycles. The second-order valence-electron chi connectivity index (χ2n) is 4.35. The molecule has 0 fully saturated rings. The maximum absolute atomic E-state index is 13.4. The van der Waals surface area contributed by atoms with Crippen LogP contribution in [0.15, 0.2) is 6.07 Å². The maximum atomic E-state index is 13.4. The lowest BCUT2D eigenvalue weighted by Gasteiger charge is -2.20. The molecule has 2 N–H and O–H groups in total. The number of rotatable bonds is 3. The summed E-state index contributed by atoms with van der Waals surface area (Å²) in [5.74, 6) is -4.30. The molecule has 1 rings (SSSR count). The van der Waals surface area contributed by atoms with Crippen LogP contribution in [-0.4, -0.2) is 16.2 Å². The van der Waals surface area contributed by atoms with Gasteiger partial charge in [-0.15, -0.1) is 0 Å². The Balaban J connectivity index is 3.28. The molecule has 94 valence electrons. The van der Waals surface area contributed by atoms with Crippen molar-refractivity contribution in [3.05, 3.63) is 28.3 Å². The number of carboxylic acid groups (broad SMARTS) is 1. The first-order valence-electron chi connectivity index (χ1n) is 4.75. The van der Waals surface area contributed by atoms with Gasteiger partial charge in [-0.05, 0) is 26.3 Å². The molecule has 0 bridgehead atoms. The molecular weight excluding hydrogens is 254 g/mol. The van der Waals surface area contributed by atoms with Crippen molar-refractivity contribution in [2.24, 2.45) is 5.41 Å². The van der Waals surface area contributed by atoms with Crippen LogP contribution in [-0.2, 0) is 11.2 Å². The highest BCUT2D eigenvalue weighted by Crippen LogP contribution is 2.35. The largest absolute Gasteiger partial charge is 0.506 e. The van der Waals surface area contributed by atoms with Crippen molar-refractivity contribution in [2.45, 2.75) is 20.3 Å². The third kappa shape index (κ3) is 2.66. The first-order valence-corrected chi connectivity index (χ1v) is 5.13. The van der Waals surface area contributed by atoms with E-state index in [4.69, 9.17) is 16.7 Å². The Morgan fingerprint density at radius 3 is 2.47 bits per heavy atom. The fraction of sp³-hybridized carbons (Fsp3) is 0.364. The zero-order valence-corrected chi connectivity index (χ0v) is 9.98. The van der Waals surface area contributed by atoms with E-state index in [0.717, 1.165) is 0 Å². The van der Waals surface area contributed by atoms with Gasteiger partial charge in [-0.1, -0.05) is 11.6 Å². The van der Waals surface area contributed by atoms with Crippen molar-refractivity contribution >= 4 is 17.6 Å². The first-order chi connectivity index (χ1) is 7.66. The van der Waals surface area contributed by atoms with Crippen molar-refractivity contribution in [2.75, 3.05) is 0 Å². The van der Waals surface area contributed by atoms with Gasteiger partial charge in [-0.3, -0.25) is 4.79 Å². The van der Waals surface area contributed by atoms with Gasteiger partial charge in [0.25, 0.3) is 0 Å². The summed E-state index contributed by atoms with van der Waals surface area (Å²) in [5.41, 5.74) is -1.77. The summed E-state index contributed by atoms with van der Waals surface area (Å²) in [6.07, 6.45) is -0.364. The molecule has 17 heavy (non-hydrogen) atoms. The third-order valence-electron chi connectivity index (χ3n) is 2.44. The zero-order chi connectivity index (χ0) is 13.4. The Hall–Kier alpha value is -1.36. The van der Waals surface area contributed by atoms with Crippen LogP contribution in [0.2, 0.25) is 5.02 Å². The monoisotopic (exact) mass is 264 g/mol. The number of carboxylic acids is 1. The number of halogens is 3. The number of hydrogen-bond donors (Lipinski definition) is 2. The van der Waals surface area contributed by atoms with Gasteiger partial charge >= 0.3 is 5.97 Å². The van der Waals surface area contributed by atoms with Crippen LogP contribution >= 0.6 is 11.6 Å². The van der Waals surface area contributed by atoms with Crippen LogP contribution in [0.1, 0.15) is 19.4 Å². The molecule has 0 atom stereocenters. The lowest BCUT2D eigenvalue weighted by Crippen LogP contribution is -2.26. The molecule has 0 aromatic heterocycles. The number of benzene rings is 1. The van der Waals surface area contributed by atoms with Crippen LogP contribution in [0.25, 0.3) is 0 Å². The highest BCUT2D eigenvalue weighted by atomic mass is 35.5. The summed E-state index contributed by atoms with van der Waals surface area (Å²) in [6, 6.07) is 0.642. The van der Waals surface area contributed by atoms with E-state index in [1.54, 1.807) is 0 Å². The van der Waals surface area contributed by atoms with Gasteiger partial charge in [0.05, 0.1) is 10.4 Å². The average Bonchev–Trinajstić information content (AvgIpc) is 2.21. The van der Waals surface area contributed by atoms with E-state index in [1.165, 1.54) is 13.8 Å². The molecular formula is C11H11ClF2O3. The summed E-state index contributed by atoms with van der Waals surface area (Å²) in [6.45, 7) is 2.68. The lowest BCUT2D eigenvalue weighted by atomic mass is 9.85. The Morgan fingerprint density at radius 1 is 1.47 bits per heavy atom. The van der Waals surface area contributed by atoms with E-state index >= 15 is 0 Å². The molecule has 0 radical (unpaired) electrons. The maximum Gasteiger partial charge on any atom is 0.309 e. The lowest BCUT2D eigenvalue weighted by molar-refractivity contribution is -0.146. The Labute approximate surface area is 102 Å². The number of hydrogen-bond acceptors (Lipinski definition) is 2. The second kappa shape index (κ2) is 4.49. The summed E-state index contributed by atoms with van der Waals surface area (Å²) < 4.78 is 26.5. The Kier molecular flexibility index (Phi) is 3.62. The molecule has 0 unspecified atom stereocenters. The van der Waals surface area contributed by atoms with Gasteiger partial charge in [0.2, 0.25) is 0 Å². The topological polar surface area (TPSA) is 57.5 Å². The van der Waals surface area contributed by atoms with E-state index in [0.29, 0.717) is 6.07 Å². The predicted octanol–water partition coefficient (Wildman–Crippen LogP) is 2.98. The minimum Gasteiger partial charge on any atom is -0.506 e. The van der Waals surface area contributed by atoms with Gasteiger partial charge in [-0.2, -0.15) is 0 Å². The van der Waals surface area contributed by atoms with Gasteiger partial charge in [0.1, 0.15) is 5.75 Å². The number of carbonyl (C=O) groups is 1. The predicted molar refractivity (Wildman–Crippen MR) is 58.2 cm³/mol. The van der Waals surface area contributed by atoms with E-state index in [-0.39, 0.29) is 11.4 Å². The summed E-state index contributed by atoms with van der Waals surface area (Å²) in [7, 11) is 0. The van der Waals surface area contributed by atoms with E-state index in [9.17, 15) is 18.7 Å². The second-order valence-corrected chi connectivity index (χ2v) is 4.75. The van der Waals surface area contributed by atoms with Crippen molar-refractivity contribution in [1.29, 1.82) is 0 Å². The normalized spacial score (nSPS) is 11.6. The van der Waals surface area contributed by atoms with E-state index < -0.39 is 34.3 Å².